The highest BCUT2D eigenvalue weighted by molar-refractivity contribution is 6.32. The summed E-state index contributed by atoms with van der Waals surface area (Å²) in [5.41, 5.74) is 9.33. The zero-order chi connectivity index (χ0) is 16.2. The molecule has 0 saturated heterocycles. The van der Waals surface area contributed by atoms with Crippen LogP contribution in [0.15, 0.2) is 52.1 Å². The molecule has 2 aliphatic rings. The van der Waals surface area contributed by atoms with Crippen LogP contribution in [-0.4, -0.2) is 36.2 Å². The van der Waals surface area contributed by atoms with Crippen LogP contribution in [-0.2, 0) is 0 Å². The van der Waals surface area contributed by atoms with Gasteiger partial charge in [0.05, 0.1) is 0 Å². The van der Waals surface area contributed by atoms with Gasteiger partial charge in [0, 0.05) is 30.8 Å². The second-order valence-corrected chi connectivity index (χ2v) is 6.43. The first kappa shape index (κ1) is 15.9. The predicted molar refractivity (Wildman–Crippen MR) is 96.7 cm³/mol. The molecule has 4 heteroatoms. The molecule has 1 saturated carbocycles. The highest BCUT2D eigenvalue weighted by Gasteiger charge is 2.30. The molecule has 1 fully saturated rings. The standard InChI is InChI=1S/C19H26N4/c1-3-17-18(15-7-5-4-6-8-15)22-23(19(17)21-2)13-14-9-11-16(20)12-10-14/h3-8,14,16H,9-13,20H2,1-2H3/b17-3-,21-19?. The highest BCUT2D eigenvalue weighted by atomic mass is 15.5. The predicted octanol–water partition coefficient (Wildman–Crippen LogP) is 3.20. The van der Waals surface area contributed by atoms with Gasteiger partial charge in [-0.15, -0.1) is 0 Å². The number of hydrazone groups is 1. The van der Waals surface area contributed by atoms with Crippen molar-refractivity contribution in [3.05, 3.63) is 47.5 Å². The minimum Gasteiger partial charge on any atom is -0.328 e. The van der Waals surface area contributed by atoms with Crippen molar-refractivity contribution in [1.82, 2.24) is 5.01 Å². The number of benzene rings is 1. The number of hydrogen-bond acceptors (Lipinski definition) is 3. The van der Waals surface area contributed by atoms with Crippen LogP contribution in [0.3, 0.4) is 0 Å². The minimum absolute atomic E-state index is 0.388. The van der Waals surface area contributed by atoms with Gasteiger partial charge in [0.15, 0.2) is 5.84 Å². The molecule has 0 unspecified atom stereocenters. The Labute approximate surface area is 138 Å². The molecule has 0 amide bonds. The largest absolute Gasteiger partial charge is 0.328 e. The first-order valence-corrected chi connectivity index (χ1v) is 8.54. The molecular weight excluding hydrogens is 284 g/mol. The SMILES string of the molecule is C/C=C1/C(c2ccccc2)=NN(CC2CCC(N)CC2)C1=NC. The molecule has 1 aromatic carbocycles. The quantitative estimate of drug-likeness (QED) is 0.932. The third-order valence-electron chi connectivity index (χ3n) is 4.83. The Morgan fingerprint density at radius 2 is 1.91 bits per heavy atom. The first-order chi connectivity index (χ1) is 11.2. The molecule has 4 nitrogen and oxygen atoms in total. The van der Waals surface area contributed by atoms with Crippen molar-refractivity contribution in [2.24, 2.45) is 21.7 Å². The van der Waals surface area contributed by atoms with Crippen molar-refractivity contribution in [1.29, 1.82) is 0 Å². The number of allylic oxidation sites excluding steroid dienone is 1. The van der Waals surface area contributed by atoms with Crippen molar-refractivity contribution in [3.63, 3.8) is 0 Å². The fraction of sp³-hybridized carbons (Fsp3) is 0.474. The Balaban J connectivity index is 1.83. The van der Waals surface area contributed by atoms with Gasteiger partial charge < -0.3 is 5.73 Å². The van der Waals surface area contributed by atoms with Crippen molar-refractivity contribution >= 4 is 11.5 Å². The van der Waals surface area contributed by atoms with E-state index in [1.165, 1.54) is 12.8 Å². The van der Waals surface area contributed by atoms with Crippen molar-refractivity contribution in [3.8, 4) is 0 Å². The van der Waals surface area contributed by atoms with E-state index in [1.807, 2.05) is 13.1 Å². The summed E-state index contributed by atoms with van der Waals surface area (Å²) in [6.45, 7) is 3.00. The molecule has 2 N–H and O–H groups in total. The van der Waals surface area contributed by atoms with Gasteiger partial charge in [0.2, 0.25) is 0 Å². The Morgan fingerprint density at radius 3 is 2.52 bits per heavy atom. The molecule has 0 radical (unpaired) electrons. The van der Waals surface area contributed by atoms with E-state index in [1.54, 1.807) is 0 Å². The molecule has 1 aliphatic carbocycles. The molecule has 0 spiro atoms. The van der Waals surface area contributed by atoms with Gasteiger partial charge in [-0.3, -0.25) is 4.99 Å². The maximum atomic E-state index is 6.03. The Bertz CT molecular complexity index is 622. The van der Waals surface area contributed by atoms with Crippen molar-refractivity contribution < 1.29 is 0 Å². The summed E-state index contributed by atoms with van der Waals surface area (Å²) in [5.74, 6) is 1.64. The third-order valence-corrected chi connectivity index (χ3v) is 4.83. The lowest BCUT2D eigenvalue weighted by Gasteiger charge is -2.28. The summed E-state index contributed by atoms with van der Waals surface area (Å²) >= 11 is 0. The lowest BCUT2D eigenvalue weighted by Crippen LogP contribution is -2.33. The van der Waals surface area contributed by atoms with Gasteiger partial charge in [0.1, 0.15) is 5.71 Å². The molecule has 1 heterocycles. The molecular formula is C19H26N4. The Hall–Kier alpha value is -1.94. The topological polar surface area (TPSA) is 54.0 Å². The zero-order valence-corrected chi connectivity index (χ0v) is 14.1. The average Bonchev–Trinajstić information content (AvgIpc) is 2.95. The van der Waals surface area contributed by atoms with E-state index in [0.717, 1.165) is 42.1 Å². The van der Waals surface area contributed by atoms with E-state index in [2.05, 4.69) is 47.3 Å². The highest BCUT2D eigenvalue weighted by Crippen LogP contribution is 2.28. The smallest absolute Gasteiger partial charge is 0.153 e. The molecule has 23 heavy (non-hydrogen) atoms. The van der Waals surface area contributed by atoms with E-state index >= 15 is 0 Å². The van der Waals surface area contributed by atoms with Gasteiger partial charge in [-0.05, 0) is 38.5 Å². The van der Waals surface area contributed by atoms with Crippen molar-refractivity contribution in [2.75, 3.05) is 13.6 Å². The van der Waals surface area contributed by atoms with Crippen LogP contribution < -0.4 is 5.73 Å². The maximum Gasteiger partial charge on any atom is 0.153 e. The Kier molecular flexibility index (Phi) is 4.91. The first-order valence-electron chi connectivity index (χ1n) is 8.54. The number of nitrogens with zero attached hydrogens (tertiary/aromatic N) is 3. The zero-order valence-electron chi connectivity index (χ0n) is 14.1. The molecule has 1 aromatic rings. The number of hydrogen-bond donors (Lipinski definition) is 1. The molecule has 0 atom stereocenters. The summed E-state index contributed by atoms with van der Waals surface area (Å²) in [4.78, 5) is 4.51. The lowest BCUT2D eigenvalue weighted by molar-refractivity contribution is 0.266. The summed E-state index contributed by atoms with van der Waals surface area (Å²) in [7, 11) is 1.85. The van der Waals surface area contributed by atoms with Gasteiger partial charge in [-0.25, -0.2) is 5.01 Å². The van der Waals surface area contributed by atoms with Gasteiger partial charge in [0.25, 0.3) is 0 Å². The van der Waals surface area contributed by atoms with E-state index in [4.69, 9.17) is 10.8 Å². The molecule has 0 aromatic heterocycles. The van der Waals surface area contributed by atoms with E-state index < -0.39 is 0 Å². The normalized spacial score (nSPS) is 28.5. The Morgan fingerprint density at radius 1 is 1.22 bits per heavy atom. The molecule has 122 valence electrons. The maximum absolute atomic E-state index is 6.03. The van der Waals surface area contributed by atoms with Crippen molar-refractivity contribution in [2.45, 2.75) is 38.6 Å². The molecule has 1 aliphatic heterocycles. The fourth-order valence-corrected chi connectivity index (χ4v) is 3.52. The summed E-state index contributed by atoms with van der Waals surface area (Å²) in [6.07, 6.45) is 6.75. The lowest BCUT2D eigenvalue weighted by atomic mass is 9.86. The van der Waals surface area contributed by atoms with Crippen LogP contribution >= 0.6 is 0 Å². The average molecular weight is 310 g/mol. The van der Waals surface area contributed by atoms with E-state index in [-0.39, 0.29) is 0 Å². The second kappa shape index (κ2) is 7.09. The second-order valence-electron chi connectivity index (χ2n) is 6.43. The number of nitrogens with two attached hydrogens (primary N) is 1. The third kappa shape index (κ3) is 3.37. The molecule has 3 rings (SSSR count). The van der Waals surface area contributed by atoms with E-state index in [0.29, 0.717) is 12.0 Å². The van der Waals surface area contributed by atoms with Crippen LogP contribution in [0.5, 0.6) is 0 Å². The van der Waals surface area contributed by atoms with Gasteiger partial charge in [-0.2, -0.15) is 5.10 Å². The minimum atomic E-state index is 0.388. The van der Waals surface area contributed by atoms with Crippen LogP contribution in [0.1, 0.15) is 38.2 Å². The fourth-order valence-electron chi connectivity index (χ4n) is 3.52. The van der Waals surface area contributed by atoms with Gasteiger partial charge >= 0.3 is 0 Å². The van der Waals surface area contributed by atoms with Crippen LogP contribution in [0.2, 0.25) is 0 Å². The van der Waals surface area contributed by atoms with E-state index in [9.17, 15) is 0 Å². The van der Waals surface area contributed by atoms with Crippen LogP contribution in [0, 0.1) is 5.92 Å². The number of rotatable bonds is 3. The number of amidine groups is 1. The van der Waals surface area contributed by atoms with Gasteiger partial charge in [-0.1, -0.05) is 36.4 Å². The summed E-state index contributed by atoms with van der Waals surface area (Å²) in [5, 5.41) is 6.99. The van der Waals surface area contributed by atoms with Crippen LogP contribution in [0.25, 0.3) is 0 Å². The molecule has 0 bridgehead atoms. The summed E-state index contributed by atoms with van der Waals surface area (Å²) < 4.78 is 0. The number of aliphatic imine (C=N–C) groups is 1. The van der Waals surface area contributed by atoms with Crippen LogP contribution in [0.4, 0.5) is 0 Å². The summed E-state index contributed by atoms with van der Waals surface area (Å²) in [6, 6.07) is 10.8. The monoisotopic (exact) mass is 310 g/mol.